The molecule has 3 N–H and O–H groups in total. The van der Waals surface area contributed by atoms with E-state index in [9.17, 15) is 4.79 Å². The minimum Gasteiger partial charge on any atom is -0.493 e. The summed E-state index contributed by atoms with van der Waals surface area (Å²) in [6, 6.07) is 15.4. The van der Waals surface area contributed by atoms with Crippen molar-refractivity contribution in [3.8, 4) is 11.5 Å². The van der Waals surface area contributed by atoms with Gasteiger partial charge in [-0.15, -0.1) is 0 Å². The Morgan fingerprint density at radius 1 is 1.28 bits per heavy atom. The molecule has 7 nitrogen and oxygen atoms in total. The Kier molecular flexibility index (Phi) is 8.41. The van der Waals surface area contributed by atoms with Gasteiger partial charge in [0.25, 0.3) is 5.91 Å². The summed E-state index contributed by atoms with van der Waals surface area (Å²) in [7, 11) is 0. The number of nitrogens with zero attached hydrogens (tertiary/aromatic N) is 2. The van der Waals surface area contributed by atoms with E-state index in [4.69, 9.17) is 15.5 Å². The molecule has 1 amide bonds. The van der Waals surface area contributed by atoms with Gasteiger partial charge in [-0.3, -0.25) is 9.79 Å². The molecule has 0 spiro atoms. The Labute approximate surface area is 189 Å². The van der Waals surface area contributed by atoms with Crippen LogP contribution in [0.4, 0.5) is 0 Å². The number of hydrogen-bond donors (Lipinski definition) is 2. The molecular weight excluding hydrogens is 404 g/mol. The number of rotatable bonds is 8. The second-order valence-electron chi connectivity index (χ2n) is 7.77. The molecular formula is C25H32N4O3. The monoisotopic (exact) mass is 436 g/mol. The van der Waals surface area contributed by atoms with E-state index in [0.29, 0.717) is 37.6 Å². The molecule has 1 saturated heterocycles. The quantitative estimate of drug-likeness (QED) is 0.376. The topological polar surface area (TPSA) is 89.2 Å². The number of carbonyl (C=O) groups is 1. The fourth-order valence-corrected chi connectivity index (χ4v) is 3.80. The van der Waals surface area contributed by atoms with Gasteiger partial charge in [0.2, 0.25) is 0 Å². The van der Waals surface area contributed by atoms with Gasteiger partial charge in [0.05, 0.1) is 6.61 Å². The first-order valence-electron chi connectivity index (χ1n) is 10.9. The van der Waals surface area contributed by atoms with Crippen molar-refractivity contribution in [2.24, 2.45) is 10.9 Å². The van der Waals surface area contributed by atoms with Gasteiger partial charge in [-0.1, -0.05) is 36.4 Å². The molecule has 0 saturated carbocycles. The standard InChI is InChI=1S/C25H32N4O3/c1-4-28-24(19(3)20-8-6-5-7-9-20)25(30)29-14-13-27-17-21(29)12-15-31-23-16-22(32-26)11-10-18(23)2/h4-11,16,21,27H,12-15,17,26H2,1-3H3/b24-19+,28-4?. The Bertz CT molecular complexity index is 972. The molecule has 0 aliphatic carbocycles. The van der Waals surface area contributed by atoms with Crippen molar-refractivity contribution in [3.63, 3.8) is 0 Å². The van der Waals surface area contributed by atoms with E-state index >= 15 is 0 Å². The van der Waals surface area contributed by atoms with Crippen molar-refractivity contribution >= 4 is 17.7 Å². The van der Waals surface area contributed by atoms with Crippen molar-refractivity contribution in [1.29, 1.82) is 0 Å². The Hall–Kier alpha value is -3.16. The molecule has 1 atom stereocenters. The molecule has 1 fully saturated rings. The number of nitrogens with one attached hydrogen (secondary N) is 1. The van der Waals surface area contributed by atoms with Crippen LogP contribution < -0.4 is 20.8 Å². The molecule has 3 rings (SSSR count). The van der Waals surface area contributed by atoms with Crippen molar-refractivity contribution in [2.45, 2.75) is 33.2 Å². The van der Waals surface area contributed by atoms with Crippen LogP contribution in [0.25, 0.3) is 5.57 Å². The first kappa shape index (κ1) is 23.5. The zero-order chi connectivity index (χ0) is 22.9. The Morgan fingerprint density at radius 2 is 2.06 bits per heavy atom. The molecule has 170 valence electrons. The third-order valence-electron chi connectivity index (χ3n) is 5.64. The molecule has 0 bridgehead atoms. The van der Waals surface area contributed by atoms with E-state index in [0.717, 1.165) is 29.0 Å². The van der Waals surface area contributed by atoms with Gasteiger partial charge >= 0.3 is 0 Å². The largest absolute Gasteiger partial charge is 0.493 e. The lowest BCUT2D eigenvalue weighted by Gasteiger charge is -2.36. The van der Waals surface area contributed by atoms with E-state index in [1.165, 1.54) is 0 Å². The highest BCUT2D eigenvalue weighted by molar-refractivity contribution is 6.01. The van der Waals surface area contributed by atoms with Gasteiger partial charge in [0, 0.05) is 44.4 Å². The molecule has 7 heteroatoms. The number of ether oxygens (including phenoxy) is 1. The third-order valence-corrected chi connectivity index (χ3v) is 5.64. The fraction of sp³-hybridized carbons (Fsp3) is 0.360. The highest BCUT2D eigenvalue weighted by Crippen LogP contribution is 2.25. The number of amides is 1. The van der Waals surface area contributed by atoms with Crippen molar-refractivity contribution < 1.29 is 14.4 Å². The SMILES string of the molecule is CC=N/C(C(=O)N1CCNCC1CCOc1cc(ON)ccc1C)=C(\C)c1ccccc1. The highest BCUT2D eigenvalue weighted by atomic mass is 16.6. The van der Waals surface area contributed by atoms with E-state index < -0.39 is 0 Å². The highest BCUT2D eigenvalue weighted by Gasteiger charge is 2.29. The summed E-state index contributed by atoms with van der Waals surface area (Å²) >= 11 is 0. The summed E-state index contributed by atoms with van der Waals surface area (Å²) in [5.74, 6) is 6.49. The molecule has 1 unspecified atom stereocenters. The summed E-state index contributed by atoms with van der Waals surface area (Å²) < 4.78 is 5.99. The van der Waals surface area contributed by atoms with Gasteiger partial charge < -0.3 is 19.8 Å². The normalized spacial score (nSPS) is 17.2. The predicted molar refractivity (Wildman–Crippen MR) is 128 cm³/mol. The first-order valence-corrected chi connectivity index (χ1v) is 10.9. The maximum atomic E-state index is 13.5. The number of nitrogens with two attached hydrogens (primary N) is 1. The van der Waals surface area contributed by atoms with Crippen LogP contribution in [0, 0.1) is 6.92 Å². The molecule has 1 aliphatic rings. The molecule has 2 aromatic rings. The van der Waals surface area contributed by atoms with E-state index in [2.05, 4.69) is 10.3 Å². The molecule has 0 radical (unpaired) electrons. The van der Waals surface area contributed by atoms with Gasteiger partial charge in [-0.05, 0) is 43.5 Å². The van der Waals surface area contributed by atoms with Gasteiger partial charge in [-0.2, -0.15) is 5.90 Å². The maximum Gasteiger partial charge on any atom is 0.273 e. The average Bonchev–Trinajstić information content (AvgIpc) is 2.83. The lowest BCUT2D eigenvalue weighted by atomic mass is 10.0. The summed E-state index contributed by atoms with van der Waals surface area (Å²) in [5, 5.41) is 3.39. The molecule has 32 heavy (non-hydrogen) atoms. The smallest absolute Gasteiger partial charge is 0.273 e. The van der Waals surface area contributed by atoms with Crippen LogP contribution in [-0.4, -0.2) is 49.3 Å². The Balaban J connectivity index is 1.74. The molecule has 1 aliphatic heterocycles. The maximum absolute atomic E-state index is 13.5. The molecule has 1 heterocycles. The third kappa shape index (κ3) is 5.75. The summed E-state index contributed by atoms with van der Waals surface area (Å²) in [4.78, 5) is 24.7. The van der Waals surface area contributed by atoms with Crippen molar-refractivity contribution in [1.82, 2.24) is 10.2 Å². The van der Waals surface area contributed by atoms with E-state index in [1.807, 2.05) is 62.1 Å². The fourth-order valence-electron chi connectivity index (χ4n) is 3.80. The number of piperazine rings is 1. The van der Waals surface area contributed by atoms with Crippen LogP contribution in [-0.2, 0) is 4.79 Å². The number of benzene rings is 2. The average molecular weight is 437 g/mol. The lowest BCUT2D eigenvalue weighted by molar-refractivity contribution is -0.130. The van der Waals surface area contributed by atoms with E-state index in [-0.39, 0.29) is 11.9 Å². The van der Waals surface area contributed by atoms with Gasteiger partial charge in [0.1, 0.15) is 11.4 Å². The second kappa shape index (κ2) is 11.5. The minimum atomic E-state index is -0.0503. The summed E-state index contributed by atoms with van der Waals surface area (Å²) in [6.45, 7) is 8.32. The zero-order valence-corrected chi connectivity index (χ0v) is 19.0. The van der Waals surface area contributed by atoms with Crippen LogP contribution in [0.1, 0.15) is 31.4 Å². The predicted octanol–water partition coefficient (Wildman–Crippen LogP) is 3.34. The van der Waals surface area contributed by atoms with Gasteiger partial charge in [0.15, 0.2) is 5.75 Å². The Morgan fingerprint density at radius 3 is 2.78 bits per heavy atom. The van der Waals surface area contributed by atoms with Crippen LogP contribution in [0.5, 0.6) is 11.5 Å². The van der Waals surface area contributed by atoms with Crippen LogP contribution in [0.2, 0.25) is 0 Å². The van der Waals surface area contributed by atoms with Crippen LogP contribution >= 0.6 is 0 Å². The lowest BCUT2D eigenvalue weighted by Crippen LogP contribution is -2.54. The van der Waals surface area contributed by atoms with Crippen molar-refractivity contribution in [2.75, 3.05) is 26.2 Å². The van der Waals surface area contributed by atoms with Gasteiger partial charge in [-0.25, -0.2) is 0 Å². The number of allylic oxidation sites excluding steroid dienone is 1. The number of carbonyl (C=O) groups excluding carboxylic acids is 1. The van der Waals surface area contributed by atoms with Crippen molar-refractivity contribution in [3.05, 3.63) is 65.4 Å². The number of aliphatic imine (C=N–C) groups is 1. The summed E-state index contributed by atoms with van der Waals surface area (Å²) in [6.07, 6.45) is 2.37. The first-order chi connectivity index (χ1) is 15.5. The number of aryl methyl sites for hydroxylation is 1. The molecule has 0 aromatic heterocycles. The minimum absolute atomic E-state index is 0.0103. The zero-order valence-electron chi connectivity index (χ0n) is 19.0. The second-order valence-corrected chi connectivity index (χ2v) is 7.77. The van der Waals surface area contributed by atoms with Crippen LogP contribution in [0.3, 0.4) is 0 Å². The van der Waals surface area contributed by atoms with E-state index in [1.54, 1.807) is 18.3 Å². The molecule has 2 aromatic carbocycles. The summed E-state index contributed by atoms with van der Waals surface area (Å²) in [5.41, 5.74) is 3.35. The van der Waals surface area contributed by atoms with Crippen LogP contribution in [0.15, 0.2) is 59.2 Å². The number of hydrogen-bond acceptors (Lipinski definition) is 6.